The lowest BCUT2D eigenvalue weighted by atomic mass is 10.1. The molecule has 3 N–H and O–H groups in total. The zero-order valence-electron chi connectivity index (χ0n) is 11.4. The lowest BCUT2D eigenvalue weighted by Crippen LogP contribution is -2.46. The number of hydrogen-bond donors (Lipinski definition) is 3. The number of aryl methyl sites for hydroxylation is 1. The third-order valence-corrected chi connectivity index (χ3v) is 4.22. The van der Waals surface area contributed by atoms with E-state index in [1.165, 1.54) is 23.9 Å². The molecule has 0 aliphatic heterocycles. The van der Waals surface area contributed by atoms with Crippen molar-refractivity contribution in [1.29, 1.82) is 0 Å². The Morgan fingerprint density at radius 1 is 1.47 bits per heavy atom. The highest BCUT2D eigenvalue weighted by Crippen LogP contribution is 2.16. The zero-order chi connectivity index (χ0) is 14.8. The first-order chi connectivity index (χ1) is 8.63. The van der Waals surface area contributed by atoms with Crippen molar-refractivity contribution in [3.8, 4) is 0 Å². The number of amides is 1. The Hall–Kier alpha value is -1.38. The number of aliphatic hydroxyl groups is 1. The van der Waals surface area contributed by atoms with E-state index in [1.807, 2.05) is 0 Å². The van der Waals surface area contributed by atoms with Crippen LogP contribution < -0.4 is 10.0 Å². The molecule has 0 saturated heterocycles. The van der Waals surface area contributed by atoms with E-state index in [0.717, 1.165) is 0 Å². The van der Waals surface area contributed by atoms with Crippen LogP contribution in [0.2, 0.25) is 0 Å². The minimum atomic E-state index is -3.78. The monoisotopic (exact) mass is 289 g/mol. The van der Waals surface area contributed by atoms with Crippen molar-refractivity contribution in [3.05, 3.63) is 18.0 Å². The lowest BCUT2D eigenvalue weighted by Gasteiger charge is -2.22. The number of rotatable bonds is 5. The maximum atomic E-state index is 12.1. The second-order valence-electron chi connectivity index (χ2n) is 4.90. The van der Waals surface area contributed by atoms with Crippen LogP contribution in [0.1, 0.15) is 24.3 Å². The molecule has 108 valence electrons. The SMILES string of the molecule is CNC(=O)c1cc(S(=O)(=O)NC(C)(C)CO)cn1C. The number of nitrogens with one attached hydrogen (secondary N) is 2. The Labute approximate surface area is 112 Å². The van der Waals surface area contributed by atoms with Crippen molar-refractivity contribution in [2.45, 2.75) is 24.3 Å². The van der Waals surface area contributed by atoms with Gasteiger partial charge in [0.05, 0.1) is 12.1 Å². The molecular weight excluding hydrogens is 270 g/mol. The maximum absolute atomic E-state index is 12.1. The third kappa shape index (κ3) is 3.55. The lowest BCUT2D eigenvalue weighted by molar-refractivity contribution is 0.0955. The van der Waals surface area contributed by atoms with Crippen LogP contribution in [-0.2, 0) is 17.1 Å². The molecule has 1 aromatic rings. The average molecular weight is 289 g/mol. The van der Waals surface area contributed by atoms with Crippen molar-refractivity contribution in [2.75, 3.05) is 13.7 Å². The molecule has 0 aromatic carbocycles. The molecule has 0 bridgehead atoms. The summed E-state index contributed by atoms with van der Waals surface area (Å²) >= 11 is 0. The van der Waals surface area contributed by atoms with Crippen LogP contribution in [0, 0.1) is 0 Å². The second-order valence-corrected chi connectivity index (χ2v) is 6.58. The summed E-state index contributed by atoms with van der Waals surface area (Å²) in [6.07, 6.45) is 1.35. The summed E-state index contributed by atoms with van der Waals surface area (Å²) in [5.41, 5.74) is -0.730. The van der Waals surface area contributed by atoms with Crippen LogP contribution in [0.25, 0.3) is 0 Å². The molecule has 0 unspecified atom stereocenters. The van der Waals surface area contributed by atoms with E-state index >= 15 is 0 Å². The van der Waals surface area contributed by atoms with E-state index in [4.69, 9.17) is 5.11 Å². The molecule has 0 aliphatic rings. The molecule has 0 saturated carbocycles. The Morgan fingerprint density at radius 2 is 2.05 bits per heavy atom. The standard InChI is InChI=1S/C11H19N3O4S/c1-11(2,7-15)13-19(17,18)8-5-9(10(16)12-3)14(4)6-8/h5-6,13,15H,7H2,1-4H3,(H,12,16). The summed E-state index contributed by atoms with van der Waals surface area (Å²) in [5.74, 6) is -0.370. The molecule has 0 fully saturated rings. The normalized spacial score (nSPS) is 12.5. The van der Waals surface area contributed by atoms with Gasteiger partial charge in [0.15, 0.2) is 0 Å². The molecule has 0 aliphatic carbocycles. The summed E-state index contributed by atoms with van der Waals surface area (Å²) in [6.45, 7) is 2.79. The Morgan fingerprint density at radius 3 is 2.53 bits per heavy atom. The molecule has 19 heavy (non-hydrogen) atoms. The van der Waals surface area contributed by atoms with Gasteiger partial charge in [0.25, 0.3) is 5.91 Å². The van der Waals surface area contributed by atoms with Gasteiger partial charge in [-0.15, -0.1) is 0 Å². The Kier molecular flexibility index (Phi) is 4.39. The summed E-state index contributed by atoms with van der Waals surface area (Å²) in [5, 5.41) is 11.5. The first kappa shape index (κ1) is 15.7. The van der Waals surface area contributed by atoms with E-state index in [9.17, 15) is 13.2 Å². The Bertz CT molecular complexity index is 575. The summed E-state index contributed by atoms with van der Waals surface area (Å²) in [7, 11) is -0.731. The number of nitrogens with zero attached hydrogens (tertiary/aromatic N) is 1. The number of aliphatic hydroxyl groups excluding tert-OH is 1. The maximum Gasteiger partial charge on any atom is 0.267 e. The fraction of sp³-hybridized carbons (Fsp3) is 0.545. The van der Waals surface area contributed by atoms with Crippen LogP contribution in [0.3, 0.4) is 0 Å². The van der Waals surface area contributed by atoms with Gasteiger partial charge in [-0.1, -0.05) is 0 Å². The summed E-state index contributed by atoms with van der Waals surface area (Å²) in [6, 6.07) is 1.29. The number of carbonyl (C=O) groups excluding carboxylic acids is 1. The third-order valence-electron chi connectivity index (χ3n) is 2.56. The van der Waals surface area contributed by atoms with Gasteiger partial charge in [-0.3, -0.25) is 4.79 Å². The first-order valence-electron chi connectivity index (χ1n) is 5.66. The average Bonchev–Trinajstić information content (AvgIpc) is 2.70. The molecule has 7 nitrogen and oxygen atoms in total. The van der Waals surface area contributed by atoms with Gasteiger partial charge in [-0.25, -0.2) is 13.1 Å². The smallest absolute Gasteiger partial charge is 0.267 e. The second kappa shape index (κ2) is 5.32. The van der Waals surface area contributed by atoms with E-state index in [1.54, 1.807) is 20.9 Å². The summed E-state index contributed by atoms with van der Waals surface area (Å²) < 4.78 is 28.0. The van der Waals surface area contributed by atoms with Gasteiger partial charge in [0.1, 0.15) is 10.6 Å². The molecule has 1 aromatic heterocycles. The molecule has 0 spiro atoms. The number of carbonyl (C=O) groups is 1. The van der Waals surface area contributed by atoms with Gasteiger partial charge < -0.3 is 15.0 Å². The number of hydrogen-bond acceptors (Lipinski definition) is 4. The molecule has 1 rings (SSSR count). The highest BCUT2D eigenvalue weighted by Gasteiger charge is 2.27. The predicted molar refractivity (Wildman–Crippen MR) is 70.3 cm³/mol. The highest BCUT2D eigenvalue weighted by atomic mass is 32.2. The summed E-state index contributed by atoms with van der Waals surface area (Å²) in [4.78, 5) is 11.5. The molecule has 1 amide bonds. The van der Waals surface area contributed by atoms with Gasteiger partial charge in [0, 0.05) is 20.3 Å². The van der Waals surface area contributed by atoms with Crippen molar-refractivity contribution < 1.29 is 18.3 Å². The predicted octanol–water partition coefficient (Wildman–Crippen LogP) is -0.566. The van der Waals surface area contributed by atoms with E-state index in [0.29, 0.717) is 0 Å². The van der Waals surface area contributed by atoms with E-state index < -0.39 is 15.6 Å². The van der Waals surface area contributed by atoms with Gasteiger partial charge in [-0.05, 0) is 19.9 Å². The fourth-order valence-electron chi connectivity index (χ4n) is 1.49. The van der Waals surface area contributed by atoms with Crippen LogP contribution in [0.15, 0.2) is 17.2 Å². The quantitative estimate of drug-likeness (QED) is 0.676. The fourth-order valence-corrected chi connectivity index (χ4v) is 2.96. The van der Waals surface area contributed by atoms with Crippen LogP contribution in [0.5, 0.6) is 0 Å². The van der Waals surface area contributed by atoms with Crippen LogP contribution >= 0.6 is 0 Å². The van der Waals surface area contributed by atoms with Gasteiger partial charge >= 0.3 is 0 Å². The van der Waals surface area contributed by atoms with Gasteiger partial charge in [0.2, 0.25) is 10.0 Å². The topological polar surface area (TPSA) is 100 Å². The van der Waals surface area contributed by atoms with Crippen molar-refractivity contribution in [3.63, 3.8) is 0 Å². The van der Waals surface area contributed by atoms with Crippen LogP contribution in [-0.4, -0.2) is 43.2 Å². The first-order valence-corrected chi connectivity index (χ1v) is 7.14. The van der Waals surface area contributed by atoms with Crippen molar-refractivity contribution >= 4 is 15.9 Å². The number of sulfonamides is 1. The molecule has 1 heterocycles. The number of aromatic nitrogens is 1. The van der Waals surface area contributed by atoms with Crippen molar-refractivity contribution in [1.82, 2.24) is 14.6 Å². The van der Waals surface area contributed by atoms with Crippen LogP contribution in [0.4, 0.5) is 0 Å². The van der Waals surface area contributed by atoms with Crippen molar-refractivity contribution in [2.24, 2.45) is 7.05 Å². The minimum absolute atomic E-state index is 0.0184. The Balaban J connectivity index is 3.14. The minimum Gasteiger partial charge on any atom is -0.394 e. The molecule has 0 atom stereocenters. The van der Waals surface area contributed by atoms with E-state index in [-0.39, 0.29) is 23.1 Å². The largest absolute Gasteiger partial charge is 0.394 e. The molecule has 8 heteroatoms. The molecule has 0 radical (unpaired) electrons. The molecular formula is C11H19N3O4S. The highest BCUT2D eigenvalue weighted by molar-refractivity contribution is 7.89. The van der Waals surface area contributed by atoms with Gasteiger partial charge in [-0.2, -0.15) is 0 Å². The van der Waals surface area contributed by atoms with E-state index in [2.05, 4.69) is 10.0 Å². The zero-order valence-corrected chi connectivity index (χ0v) is 12.2.